The lowest BCUT2D eigenvalue weighted by Crippen LogP contribution is -2.28. The second-order valence-electron chi connectivity index (χ2n) is 6.37. The van der Waals surface area contributed by atoms with E-state index in [0.29, 0.717) is 22.9 Å². The van der Waals surface area contributed by atoms with Crippen LogP contribution in [0.15, 0.2) is 33.8 Å². The van der Waals surface area contributed by atoms with Crippen molar-refractivity contribution >= 4 is 49.0 Å². The minimum atomic E-state index is -4.01. The van der Waals surface area contributed by atoms with Crippen molar-refractivity contribution in [2.45, 2.75) is 20.4 Å². The molecule has 3 aromatic rings. The molecule has 30 heavy (non-hydrogen) atoms. The van der Waals surface area contributed by atoms with Gasteiger partial charge < -0.3 is 19.1 Å². The first-order valence-electron chi connectivity index (χ1n) is 8.89. The summed E-state index contributed by atoms with van der Waals surface area (Å²) < 4.78 is 37.1. The Morgan fingerprint density at radius 1 is 1.30 bits per heavy atom. The van der Waals surface area contributed by atoms with Crippen molar-refractivity contribution in [3.63, 3.8) is 0 Å². The Morgan fingerprint density at radius 3 is 2.70 bits per heavy atom. The van der Waals surface area contributed by atoms with Crippen molar-refractivity contribution < 1.29 is 27.3 Å². The molecule has 0 spiro atoms. The smallest absolute Gasteiger partial charge is 0.263 e. The number of carbonyl (C=O) groups excluding carboxylic acids is 2. The maximum atomic E-state index is 12.3. The Kier molecular flexibility index (Phi) is 6.37. The number of hydrogen-bond acceptors (Lipinski definition) is 8. The van der Waals surface area contributed by atoms with E-state index in [2.05, 4.69) is 15.5 Å². The highest BCUT2D eigenvalue weighted by Crippen LogP contribution is 2.23. The molecule has 2 aromatic heterocycles. The minimum Gasteiger partial charge on any atom is -0.497 e. The quantitative estimate of drug-likeness (QED) is 0.574. The van der Waals surface area contributed by atoms with E-state index in [9.17, 15) is 18.0 Å². The first kappa shape index (κ1) is 21.7. The molecule has 0 saturated heterocycles. The first-order valence-corrected chi connectivity index (χ1v) is 11.5. The van der Waals surface area contributed by atoms with Crippen LogP contribution in [0.4, 0.5) is 5.82 Å². The van der Waals surface area contributed by atoms with E-state index in [1.165, 1.54) is 17.4 Å². The van der Waals surface area contributed by atoms with Gasteiger partial charge in [-0.05, 0) is 32.0 Å². The summed E-state index contributed by atoms with van der Waals surface area (Å²) in [4.78, 5) is 28.6. The molecule has 1 N–H and O–H groups in total. The van der Waals surface area contributed by atoms with Crippen molar-refractivity contribution in [3.8, 4) is 5.75 Å². The number of anilines is 1. The summed E-state index contributed by atoms with van der Waals surface area (Å²) in [6, 6.07) is 6.92. The van der Waals surface area contributed by atoms with Gasteiger partial charge in [-0.25, -0.2) is 8.42 Å². The van der Waals surface area contributed by atoms with E-state index in [0.717, 1.165) is 10.2 Å². The number of rotatable bonds is 7. The van der Waals surface area contributed by atoms with Crippen LogP contribution in [-0.4, -0.2) is 48.6 Å². The zero-order valence-electron chi connectivity index (χ0n) is 16.5. The van der Waals surface area contributed by atoms with Gasteiger partial charge in [0.1, 0.15) is 23.0 Å². The molecule has 0 aliphatic rings. The van der Waals surface area contributed by atoms with Gasteiger partial charge in [-0.3, -0.25) is 9.59 Å². The Bertz CT molecular complexity index is 1270. The molecule has 10 nitrogen and oxygen atoms in total. The predicted molar refractivity (Wildman–Crippen MR) is 111 cm³/mol. The molecule has 0 aliphatic heterocycles. The highest BCUT2D eigenvalue weighted by Gasteiger charge is 2.22. The second kappa shape index (κ2) is 8.79. The molecule has 0 radical (unpaired) electrons. The van der Waals surface area contributed by atoms with Gasteiger partial charge in [0.15, 0.2) is 20.5 Å². The van der Waals surface area contributed by atoms with Crippen LogP contribution in [0.2, 0.25) is 0 Å². The Morgan fingerprint density at radius 2 is 2.07 bits per heavy atom. The van der Waals surface area contributed by atoms with Crippen LogP contribution in [-0.2, 0) is 26.0 Å². The van der Waals surface area contributed by atoms with Crippen molar-refractivity contribution in [3.05, 3.63) is 34.8 Å². The number of aromatic nitrogens is 2. The highest BCUT2D eigenvalue weighted by molar-refractivity contribution is 7.92. The van der Waals surface area contributed by atoms with Crippen LogP contribution < -0.4 is 14.9 Å². The molecular formula is C18H20N4O6S2. The molecule has 2 heterocycles. The van der Waals surface area contributed by atoms with Gasteiger partial charge >= 0.3 is 0 Å². The van der Waals surface area contributed by atoms with Gasteiger partial charge in [-0.2, -0.15) is 4.99 Å². The van der Waals surface area contributed by atoms with Crippen LogP contribution >= 0.6 is 11.3 Å². The van der Waals surface area contributed by atoms with Gasteiger partial charge in [-0.15, -0.1) is 0 Å². The molecule has 3 rings (SSSR count). The molecule has 0 atom stereocenters. The molecule has 0 saturated carbocycles. The van der Waals surface area contributed by atoms with E-state index in [1.807, 2.05) is 23.6 Å². The third kappa shape index (κ3) is 5.13. The third-order valence-corrected chi connectivity index (χ3v) is 6.45. The van der Waals surface area contributed by atoms with Crippen molar-refractivity contribution in [1.29, 1.82) is 0 Å². The van der Waals surface area contributed by atoms with Crippen LogP contribution in [0.5, 0.6) is 5.75 Å². The lowest BCUT2D eigenvalue weighted by molar-refractivity contribution is -0.115. The Hall–Kier alpha value is -2.99. The number of fused-ring (bicyclic) bond motifs is 1. The van der Waals surface area contributed by atoms with E-state index in [1.54, 1.807) is 20.1 Å². The summed E-state index contributed by atoms with van der Waals surface area (Å²) in [6.45, 7) is 4.07. The van der Waals surface area contributed by atoms with E-state index in [-0.39, 0.29) is 5.82 Å². The molecule has 12 heteroatoms. The monoisotopic (exact) mass is 452 g/mol. The predicted octanol–water partition coefficient (Wildman–Crippen LogP) is 1.51. The first-order chi connectivity index (χ1) is 14.2. The number of thiazole rings is 1. The number of methoxy groups -OCH3 is 1. The number of nitrogens with one attached hydrogen (secondary N) is 1. The molecule has 160 valence electrons. The molecule has 0 bridgehead atoms. The fourth-order valence-corrected chi connectivity index (χ4v) is 4.91. The molecule has 2 amide bonds. The van der Waals surface area contributed by atoms with Crippen molar-refractivity contribution in [2.75, 3.05) is 23.9 Å². The van der Waals surface area contributed by atoms with Crippen molar-refractivity contribution in [2.24, 2.45) is 4.99 Å². The summed E-state index contributed by atoms with van der Waals surface area (Å²) in [5, 5.41) is 5.87. The average Bonchev–Trinajstić information content (AvgIpc) is 3.21. The number of hydrogen-bond donors (Lipinski definition) is 1. The molecule has 0 fully saturated rings. The lowest BCUT2D eigenvalue weighted by atomic mass is 10.3. The SMILES string of the molecule is CCn1c(=NC(=O)CS(=O)(=O)CC(=O)Nc2cc(C)on2)sc2cc(OC)ccc21. The van der Waals surface area contributed by atoms with Gasteiger partial charge in [0.2, 0.25) is 5.91 Å². The fraction of sp³-hybridized carbons (Fsp3) is 0.333. The zero-order valence-corrected chi connectivity index (χ0v) is 18.2. The maximum Gasteiger partial charge on any atom is 0.263 e. The van der Waals surface area contributed by atoms with Crippen LogP contribution in [0.25, 0.3) is 10.2 Å². The topological polar surface area (TPSA) is 133 Å². The summed E-state index contributed by atoms with van der Waals surface area (Å²) in [5.74, 6) is -2.16. The summed E-state index contributed by atoms with van der Waals surface area (Å²) >= 11 is 1.25. The van der Waals surface area contributed by atoms with Crippen LogP contribution in [0.3, 0.4) is 0 Å². The molecule has 1 aromatic carbocycles. The number of ether oxygens (including phenoxy) is 1. The maximum absolute atomic E-state index is 12.3. The number of amides is 2. The number of sulfone groups is 1. The Labute approximate surface area is 176 Å². The zero-order chi connectivity index (χ0) is 21.9. The van der Waals surface area contributed by atoms with Gasteiger partial charge in [0.25, 0.3) is 5.91 Å². The number of nitrogens with zero attached hydrogens (tertiary/aromatic N) is 3. The largest absolute Gasteiger partial charge is 0.497 e. The van der Waals surface area contributed by atoms with Crippen LogP contribution in [0, 0.1) is 6.92 Å². The number of aryl methyl sites for hydroxylation is 2. The Balaban J connectivity index is 1.76. The fourth-order valence-electron chi connectivity index (χ4n) is 2.75. The number of benzene rings is 1. The minimum absolute atomic E-state index is 0.105. The summed E-state index contributed by atoms with van der Waals surface area (Å²) in [7, 11) is -2.45. The number of carbonyl (C=O) groups is 2. The van der Waals surface area contributed by atoms with Gasteiger partial charge in [0, 0.05) is 12.6 Å². The van der Waals surface area contributed by atoms with Gasteiger partial charge in [0.05, 0.1) is 17.3 Å². The molecule has 0 aliphatic carbocycles. The van der Waals surface area contributed by atoms with E-state index in [4.69, 9.17) is 9.26 Å². The average molecular weight is 453 g/mol. The normalized spacial score (nSPS) is 12.3. The van der Waals surface area contributed by atoms with Crippen molar-refractivity contribution in [1.82, 2.24) is 9.72 Å². The highest BCUT2D eigenvalue weighted by atomic mass is 32.2. The van der Waals surface area contributed by atoms with Crippen LogP contribution in [0.1, 0.15) is 12.7 Å². The second-order valence-corrected chi connectivity index (χ2v) is 9.44. The molecular weight excluding hydrogens is 432 g/mol. The van der Waals surface area contributed by atoms with Gasteiger partial charge in [-0.1, -0.05) is 16.5 Å². The summed E-state index contributed by atoms with van der Waals surface area (Å²) in [5.41, 5.74) is 0.861. The summed E-state index contributed by atoms with van der Waals surface area (Å²) in [6.07, 6.45) is 0. The lowest BCUT2D eigenvalue weighted by Gasteiger charge is -2.03. The van der Waals surface area contributed by atoms with E-state index < -0.39 is 33.2 Å². The molecule has 0 unspecified atom stereocenters. The van der Waals surface area contributed by atoms with E-state index >= 15 is 0 Å². The third-order valence-electron chi connectivity index (χ3n) is 4.02. The standard InChI is InChI=1S/C18H20N4O6S2/c1-4-22-13-6-5-12(27-3)8-14(13)29-18(22)20-17(24)10-30(25,26)9-16(23)19-15-7-11(2)28-21-15/h5-8H,4,9-10H2,1-3H3,(H,19,21,23).